The fourth-order valence-electron chi connectivity index (χ4n) is 1.94. The number of benzene rings is 1. The van der Waals surface area contributed by atoms with E-state index in [4.69, 9.17) is 10.5 Å². The van der Waals surface area contributed by atoms with Crippen LogP contribution in [0.1, 0.15) is 26.1 Å². The summed E-state index contributed by atoms with van der Waals surface area (Å²) in [5.41, 5.74) is 6.74. The first-order valence-electron chi connectivity index (χ1n) is 7.68. The summed E-state index contributed by atoms with van der Waals surface area (Å²) in [6, 6.07) is 7.58. The van der Waals surface area contributed by atoms with E-state index in [0.29, 0.717) is 30.1 Å². The molecule has 2 aromatic rings. The van der Waals surface area contributed by atoms with Gasteiger partial charge in [-0.1, -0.05) is 13.8 Å². The number of nitrogens with zero attached hydrogens (tertiary/aromatic N) is 3. The molecule has 1 aromatic heterocycles. The maximum Gasteiger partial charge on any atom is 0.189 e. The zero-order valence-corrected chi connectivity index (χ0v) is 13.8. The third-order valence-electron chi connectivity index (χ3n) is 3.31. The Kier molecular flexibility index (Phi) is 5.96. The summed E-state index contributed by atoms with van der Waals surface area (Å²) in [4.78, 5) is 8.67. The lowest BCUT2D eigenvalue weighted by Crippen LogP contribution is -2.32. The smallest absolute Gasteiger partial charge is 0.189 e. The molecule has 0 spiro atoms. The van der Waals surface area contributed by atoms with Crippen LogP contribution in [0, 0.1) is 5.92 Å². The van der Waals surface area contributed by atoms with Crippen LogP contribution in [-0.2, 0) is 6.54 Å². The van der Waals surface area contributed by atoms with E-state index < -0.39 is 0 Å². The highest BCUT2D eigenvalue weighted by Gasteiger charge is 2.06. The molecule has 23 heavy (non-hydrogen) atoms. The van der Waals surface area contributed by atoms with Crippen LogP contribution in [0.25, 0.3) is 11.4 Å². The van der Waals surface area contributed by atoms with Gasteiger partial charge in [0.25, 0.3) is 0 Å². The normalized spacial score (nSPS) is 11.7. The number of H-pyrrole nitrogens is 1. The molecule has 7 heteroatoms. The van der Waals surface area contributed by atoms with Crippen molar-refractivity contribution in [2.75, 3.05) is 13.7 Å². The summed E-state index contributed by atoms with van der Waals surface area (Å²) in [7, 11) is 1.64. The molecule has 124 valence electrons. The molecule has 0 aliphatic carbocycles. The summed E-state index contributed by atoms with van der Waals surface area (Å²) < 4.78 is 5.13. The highest BCUT2D eigenvalue weighted by molar-refractivity contribution is 5.77. The minimum Gasteiger partial charge on any atom is -0.497 e. The number of hydrogen-bond donors (Lipinski definition) is 3. The average Bonchev–Trinajstić information content (AvgIpc) is 3.01. The maximum absolute atomic E-state index is 5.82. The molecule has 0 saturated carbocycles. The zero-order valence-electron chi connectivity index (χ0n) is 13.8. The van der Waals surface area contributed by atoms with Gasteiger partial charge in [-0.25, -0.2) is 9.98 Å². The number of methoxy groups -OCH3 is 1. The molecular weight excluding hydrogens is 292 g/mol. The third-order valence-corrected chi connectivity index (χ3v) is 3.31. The molecule has 1 aromatic carbocycles. The van der Waals surface area contributed by atoms with Gasteiger partial charge in [-0.3, -0.25) is 5.10 Å². The molecule has 0 saturated heterocycles. The van der Waals surface area contributed by atoms with Gasteiger partial charge >= 0.3 is 0 Å². The lowest BCUT2D eigenvalue weighted by atomic mass is 10.1. The number of nitrogens with one attached hydrogen (secondary N) is 2. The molecule has 0 unspecified atom stereocenters. The second-order valence-electron chi connectivity index (χ2n) is 5.64. The van der Waals surface area contributed by atoms with E-state index in [0.717, 1.165) is 24.3 Å². The SMILES string of the molecule is COc1ccc(-c2n[nH]c(CN=C(N)NCCC(C)C)n2)cc1. The highest BCUT2D eigenvalue weighted by atomic mass is 16.5. The summed E-state index contributed by atoms with van der Waals surface area (Å²) in [6.07, 6.45) is 1.06. The third kappa shape index (κ3) is 5.28. The van der Waals surface area contributed by atoms with Gasteiger partial charge in [-0.15, -0.1) is 0 Å². The van der Waals surface area contributed by atoms with Gasteiger partial charge in [0.05, 0.1) is 7.11 Å². The molecular formula is C16H24N6O. The van der Waals surface area contributed by atoms with Gasteiger partial charge in [0, 0.05) is 12.1 Å². The van der Waals surface area contributed by atoms with Gasteiger partial charge in [-0.05, 0) is 36.6 Å². The van der Waals surface area contributed by atoms with Crippen LogP contribution in [-0.4, -0.2) is 34.8 Å². The second-order valence-corrected chi connectivity index (χ2v) is 5.64. The van der Waals surface area contributed by atoms with E-state index >= 15 is 0 Å². The van der Waals surface area contributed by atoms with Crippen LogP contribution in [0.2, 0.25) is 0 Å². The molecule has 0 aliphatic rings. The fourth-order valence-corrected chi connectivity index (χ4v) is 1.94. The van der Waals surface area contributed by atoms with Crippen LogP contribution in [0.4, 0.5) is 0 Å². The maximum atomic E-state index is 5.82. The number of aliphatic imine (C=N–C) groups is 1. The monoisotopic (exact) mass is 316 g/mol. The minimum atomic E-state index is 0.365. The molecule has 7 nitrogen and oxygen atoms in total. The fraction of sp³-hybridized carbons (Fsp3) is 0.438. The molecule has 4 N–H and O–H groups in total. The number of rotatable bonds is 7. The van der Waals surface area contributed by atoms with E-state index in [-0.39, 0.29) is 0 Å². The molecule has 0 atom stereocenters. The van der Waals surface area contributed by atoms with Crippen molar-refractivity contribution in [1.29, 1.82) is 0 Å². The predicted octanol–water partition coefficient (Wildman–Crippen LogP) is 1.93. The summed E-state index contributed by atoms with van der Waals surface area (Å²) in [5.74, 6) is 3.16. The van der Waals surface area contributed by atoms with Crippen molar-refractivity contribution >= 4 is 5.96 Å². The number of nitrogens with two attached hydrogens (primary N) is 1. The van der Waals surface area contributed by atoms with Crippen LogP contribution in [0.5, 0.6) is 5.75 Å². The topological polar surface area (TPSA) is 101 Å². The summed E-state index contributed by atoms with van der Waals surface area (Å²) in [6.45, 7) is 5.53. The van der Waals surface area contributed by atoms with E-state index in [9.17, 15) is 0 Å². The van der Waals surface area contributed by atoms with E-state index in [1.54, 1.807) is 7.11 Å². The Morgan fingerprint density at radius 3 is 2.74 bits per heavy atom. The molecule has 0 bridgehead atoms. The Morgan fingerprint density at radius 2 is 2.09 bits per heavy atom. The van der Waals surface area contributed by atoms with Gasteiger partial charge in [-0.2, -0.15) is 5.10 Å². The number of aromatic nitrogens is 3. The number of aromatic amines is 1. The van der Waals surface area contributed by atoms with Crippen molar-refractivity contribution in [3.05, 3.63) is 30.1 Å². The molecule has 1 heterocycles. The van der Waals surface area contributed by atoms with Gasteiger partial charge in [0.1, 0.15) is 18.1 Å². The predicted molar refractivity (Wildman–Crippen MR) is 91.2 cm³/mol. The first-order chi connectivity index (χ1) is 11.1. The quantitative estimate of drug-likeness (QED) is 0.535. The molecule has 2 rings (SSSR count). The van der Waals surface area contributed by atoms with Crippen molar-refractivity contribution in [2.45, 2.75) is 26.8 Å². The summed E-state index contributed by atoms with van der Waals surface area (Å²) >= 11 is 0. The Hall–Kier alpha value is -2.57. The van der Waals surface area contributed by atoms with Gasteiger partial charge < -0.3 is 15.8 Å². The van der Waals surface area contributed by atoms with Crippen molar-refractivity contribution in [1.82, 2.24) is 20.5 Å². The zero-order chi connectivity index (χ0) is 16.7. The van der Waals surface area contributed by atoms with Crippen LogP contribution < -0.4 is 15.8 Å². The highest BCUT2D eigenvalue weighted by Crippen LogP contribution is 2.18. The van der Waals surface area contributed by atoms with E-state index in [2.05, 4.69) is 39.3 Å². The van der Waals surface area contributed by atoms with Crippen molar-refractivity contribution in [3.8, 4) is 17.1 Å². The molecule has 0 amide bonds. The van der Waals surface area contributed by atoms with Crippen LogP contribution in [0.15, 0.2) is 29.3 Å². The lowest BCUT2D eigenvalue weighted by molar-refractivity contribution is 0.415. The van der Waals surface area contributed by atoms with E-state index in [1.807, 2.05) is 24.3 Å². The minimum absolute atomic E-state index is 0.365. The van der Waals surface area contributed by atoms with Crippen molar-refractivity contribution in [3.63, 3.8) is 0 Å². The van der Waals surface area contributed by atoms with Crippen LogP contribution >= 0.6 is 0 Å². The first kappa shape index (κ1) is 16.8. The van der Waals surface area contributed by atoms with Crippen LogP contribution in [0.3, 0.4) is 0 Å². The Balaban J connectivity index is 1.91. The average molecular weight is 316 g/mol. The Bertz CT molecular complexity index is 632. The molecule has 0 fully saturated rings. The lowest BCUT2D eigenvalue weighted by Gasteiger charge is -2.06. The van der Waals surface area contributed by atoms with Crippen molar-refractivity contribution in [2.24, 2.45) is 16.6 Å². The first-order valence-corrected chi connectivity index (χ1v) is 7.68. The number of guanidine groups is 1. The Labute approximate surface area is 136 Å². The molecule has 0 radical (unpaired) electrons. The van der Waals surface area contributed by atoms with Gasteiger partial charge in [0.2, 0.25) is 0 Å². The number of ether oxygens (including phenoxy) is 1. The van der Waals surface area contributed by atoms with E-state index in [1.165, 1.54) is 0 Å². The standard InChI is InChI=1S/C16H24N6O/c1-11(2)8-9-18-16(17)19-10-14-20-15(22-21-14)12-4-6-13(23-3)7-5-12/h4-7,11H,8-10H2,1-3H3,(H3,17,18,19)(H,20,21,22). The second kappa shape index (κ2) is 8.17. The Morgan fingerprint density at radius 1 is 1.35 bits per heavy atom. The summed E-state index contributed by atoms with van der Waals surface area (Å²) in [5, 5.41) is 10.2. The van der Waals surface area contributed by atoms with Gasteiger partial charge in [0.15, 0.2) is 11.8 Å². The largest absolute Gasteiger partial charge is 0.497 e. The number of hydrogen-bond acceptors (Lipinski definition) is 4. The molecule has 0 aliphatic heterocycles. The van der Waals surface area contributed by atoms with Crippen molar-refractivity contribution < 1.29 is 4.74 Å².